The molecule has 7 nitrogen and oxygen atoms in total. The van der Waals surface area contributed by atoms with Crippen LogP contribution in [0.1, 0.15) is 252 Å². The first kappa shape index (κ1) is 73.4. The van der Waals surface area contributed by atoms with Crippen molar-refractivity contribution in [3.05, 3.63) is 29.8 Å². The number of hydrogen-bond acceptors (Lipinski definition) is 7. The van der Waals surface area contributed by atoms with Gasteiger partial charge in [0.15, 0.2) is 0 Å². The first-order chi connectivity index (χ1) is 28.0. The second kappa shape index (κ2) is 36.8. The molecule has 0 bridgehead atoms. The van der Waals surface area contributed by atoms with Crippen LogP contribution < -0.4 is 4.74 Å². The molecule has 1 aromatic rings. The van der Waals surface area contributed by atoms with E-state index >= 15 is 0 Å². The summed E-state index contributed by atoms with van der Waals surface area (Å²) in [6.07, 6.45) is 6.98. The van der Waals surface area contributed by atoms with E-state index in [1.807, 2.05) is 25.1 Å². The summed E-state index contributed by atoms with van der Waals surface area (Å²) in [5, 5.41) is 0. The van der Waals surface area contributed by atoms with Crippen molar-refractivity contribution >= 4 is 0 Å². The molecule has 63 heavy (non-hydrogen) atoms. The first-order valence-corrected chi connectivity index (χ1v) is 24.7. The molecule has 0 N–H and O–H groups in total. The fraction of sp³-hybridized carbons (Fsp3) is 0.893. The fourth-order valence-electron chi connectivity index (χ4n) is 4.48. The van der Waals surface area contributed by atoms with Gasteiger partial charge >= 0.3 is 0 Å². The van der Waals surface area contributed by atoms with Crippen molar-refractivity contribution in [2.24, 2.45) is 0 Å². The van der Waals surface area contributed by atoms with Crippen LogP contribution in [0.25, 0.3) is 0 Å². The summed E-state index contributed by atoms with van der Waals surface area (Å²) in [6.45, 7) is 68.2. The molecule has 0 radical (unpaired) electrons. The van der Waals surface area contributed by atoms with Crippen molar-refractivity contribution in [3.8, 4) is 5.75 Å². The van der Waals surface area contributed by atoms with Gasteiger partial charge in [-0.2, -0.15) is 0 Å². The van der Waals surface area contributed by atoms with Crippen molar-refractivity contribution < 1.29 is 33.2 Å². The molecular formula is C56H118O7. The van der Waals surface area contributed by atoms with Crippen molar-refractivity contribution in [1.82, 2.24) is 0 Å². The van der Waals surface area contributed by atoms with Gasteiger partial charge in [0, 0.05) is 26.4 Å². The molecule has 0 heterocycles. The first-order valence-electron chi connectivity index (χ1n) is 24.7. The molecule has 0 aromatic heterocycles. The monoisotopic (exact) mass is 903 g/mol. The Labute approximate surface area is 398 Å². The van der Waals surface area contributed by atoms with Gasteiger partial charge in [0.1, 0.15) is 11.4 Å². The molecule has 1 atom stereocenters. The van der Waals surface area contributed by atoms with Gasteiger partial charge in [-0.15, -0.1) is 0 Å². The van der Waals surface area contributed by atoms with Crippen LogP contribution in [0.15, 0.2) is 24.3 Å². The smallest absolute Gasteiger partial charge is 0.122 e. The Morgan fingerprint density at radius 2 is 0.762 bits per heavy atom. The molecule has 0 aliphatic rings. The molecule has 0 fully saturated rings. The second-order valence-corrected chi connectivity index (χ2v) is 23.2. The molecule has 0 saturated carbocycles. The lowest BCUT2D eigenvalue weighted by molar-refractivity contribution is -0.125. The minimum Gasteiger partial charge on any atom is -0.488 e. The molecule has 7 heteroatoms. The predicted octanol–water partition coefficient (Wildman–Crippen LogP) is 17.6. The normalized spacial score (nSPS) is 12.7. The Bertz CT molecular complexity index is 1060. The Kier molecular flexibility index (Phi) is 42.9. The van der Waals surface area contributed by atoms with E-state index in [0.29, 0.717) is 6.10 Å². The fourth-order valence-corrected chi connectivity index (χ4v) is 4.48. The molecule has 0 spiro atoms. The van der Waals surface area contributed by atoms with E-state index in [4.69, 9.17) is 33.2 Å². The lowest BCUT2D eigenvalue weighted by Gasteiger charge is -2.35. The number of aryl methyl sites for hydroxylation is 1. The van der Waals surface area contributed by atoms with E-state index in [9.17, 15) is 0 Å². The van der Waals surface area contributed by atoms with Crippen molar-refractivity contribution in [3.63, 3.8) is 0 Å². The molecule has 1 unspecified atom stereocenters. The summed E-state index contributed by atoms with van der Waals surface area (Å²) in [7, 11) is 0. The third kappa shape index (κ3) is 75.4. The van der Waals surface area contributed by atoms with Crippen LogP contribution in [-0.4, -0.2) is 77.3 Å². The molecule has 0 amide bonds. The zero-order chi connectivity index (χ0) is 51.6. The predicted molar refractivity (Wildman–Crippen MR) is 281 cm³/mol. The largest absolute Gasteiger partial charge is 0.488 e. The third-order valence-electron chi connectivity index (χ3n) is 7.48. The van der Waals surface area contributed by atoms with Gasteiger partial charge in [0.25, 0.3) is 0 Å². The quantitative estimate of drug-likeness (QED) is 0.195. The molecule has 1 aromatic carbocycles. The highest BCUT2D eigenvalue weighted by atomic mass is 16.5. The topological polar surface area (TPSA) is 64.6 Å². The summed E-state index contributed by atoms with van der Waals surface area (Å²) >= 11 is 0. The minimum atomic E-state index is -0.105. The van der Waals surface area contributed by atoms with Crippen LogP contribution in [0.2, 0.25) is 0 Å². The zero-order valence-corrected chi connectivity index (χ0v) is 48.8. The molecule has 1 rings (SSSR count). The zero-order valence-electron chi connectivity index (χ0n) is 48.8. The van der Waals surface area contributed by atoms with Crippen LogP contribution in [0.5, 0.6) is 5.75 Å². The van der Waals surface area contributed by atoms with Gasteiger partial charge in [-0.3, -0.25) is 0 Å². The molecule has 384 valence electrons. The highest BCUT2D eigenvalue weighted by Crippen LogP contribution is 2.26. The Hall–Kier alpha value is -1.22. The summed E-state index contributed by atoms with van der Waals surface area (Å²) in [5.41, 5.74) is 1.37. The van der Waals surface area contributed by atoms with Crippen LogP contribution in [0.3, 0.4) is 0 Å². The number of hydrogen-bond donors (Lipinski definition) is 0. The van der Waals surface area contributed by atoms with Gasteiger partial charge in [0.05, 0.1) is 45.3 Å². The van der Waals surface area contributed by atoms with E-state index in [2.05, 4.69) is 214 Å². The SMILES string of the molecule is CCC(C)(CC)OC(C)(C)C.CCC(C)OC(C)(C)C.CCCOC(C)(C)C.CCCOC(C)(C)C.CCCOC(C)(C)C.CCOC(C)(C)C.Cc1ccccc1OC(C)(C)C. The summed E-state index contributed by atoms with van der Waals surface area (Å²) < 4.78 is 38.6. The summed E-state index contributed by atoms with van der Waals surface area (Å²) in [5.74, 6) is 0.977. The standard InChI is InChI=1S/C11H16O.C10H22O.C8H18O.3C7H16O.C6H14O/c1-9-7-5-6-8-10(9)12-11(2,3)4;1-7-10(6,8-2)11-9(3,4)5;1-6-7(2)9-8(3,4)5;3*1-5-6-8-7(2,3)4;1-5-7-6(2,3)4/h5-8H,1-4H3;7-8H2,1-6H3;7H,6H2,1-5H3;3*5-6H2,1-4H3;5H2,1-4H3. The average molecular weight is 904 g/mol. The van der Waals surface area contributed by atoms with E-state index in [1.165, 1.54) is 5.56 Å². The maximum absolute atomic E-state index is 5.92. The van der Waals surface area contributed by atoms with Crippen LogP contribution in [0, 0.1) is 6.92 Å². The minimum absolute atomic E-state index is 0.0131. The Morgan fingerprint density at radius 3 is 0.905 bits per heavy atom. The maximum atomic E-state index is 5.92. The molecule has 0 saturated heterocycles. The van der Waals surface area contributed by atoms with Crippen LogP contribution in [-0.2, 0) is 28.4 Å². The molecule has 0 aliphatic carbocycles. The number of rotatable bonds is 13. The highest BCUT2D eigenvalue weighted by molar-refractivity contribution is 5.32. The number of para-hydroxylation sites is 1. The molecule has 0 aliphatic heterocycles. The maximum Gasteiger partial charge on any atom is 0.122 e. The number of benzene rings is 1. The highest BCUT2D eigenvalue weighted by Gasteiger charge is 2.26. The van der Waals surface area contributed by atoms with E-state index in [1.54, 1.807) is 0 Å². The Balaban J connectivity index is -0.000000152. The summed E-state index contributed by atoms with van der Waals surface area (Å²) in [6, 6.07) is 8.07. The van der Waals surface area contributed by atoms with E-state index < -0.39 is 0 Å². The van der Waals surface area contributed by atoms with Crippen molar-refractivity contribution in [2.45, 2.75) is 304 Å². The lowest BCUT2D eigenvalue weighted by Crippen LogP contribution is -2.36. The van der Waals surface area contributed by atoms with Gasteiger partial charge < -0.3 is 33.2 Å². The summed E-state index contributed by atoms with van der Waals surface area (Å²) in [4.78, 5) is 0. The van der Waals surface area contributed by atoms with Gasteiger partial charge in [-0.1, -0.05) is 59.7 Å². The second-order valence-electron chi connectivity index (χ2n) is 23.2. The average Bonchev–Trinajstić information content (AvgIpc) is 3.08. The van der Waals surface area contributed by atoms with E-state index in [-0.39, 0.29) is 44.8 Å². The molecular weight excluding hydrogens is 785 g/mol. The van der Waals surface area contributed by atoms with Crippen molar-refractivity contribution in [2.75, 3.05) is 26.4 Å². The van der Waals surface area contributed by atoms with Crippen LogP contribution in [0.4, 0.5) is 0 Å². The third-order valence-corrected chi connectivity index (χ3v) is 7.48. The van der Waals surface area contributed by atoms with Gasteiger partial charge in [-0.25, -0.2) is 0 Å². The van der Waals surface area contributed by atoms with Crippen molar-refractivity contribution in [1.29, 1.82) is 0 Å². The van der Waals surface area contributed by atoms with Gasteiger partial charge in [-0.05, 0) is 223 Å². The lowest BCUT2D eigenvalue weighted by atomic mass is 9.98. The van der Waals surface area contributed by atoms with E-state index in [0.717, 1.165) is 70.7 Å². The Morgan fingerprint density at radius 1 is 0.429 bits per heavy atom. The van der Waals surface area contributed by atoms with Gasteiger partial charge in [0.2, 0.25) is 0 Å². The number of ether oxygens (including phenoxy) is 7. The van der Waals surface area contributed by atoms with Crippen LogP contribution >= 0.6 is 0 Å².